The minimum absolute atomic E-state index is 0.121. The molecular formula is C17H15FN2O. The molecule has 106 valence electrons. The normalized spacial score (nSPS) is 10.7. The molecule has 1 aromatic heterocycles. The Morgan fingerprint density at radius 2 is 2.00 bits per heavy atom. The minimum atomic E-state index is -0.300. The average Bonchev–Trinajstić information content (AvgIpc) is 2.94. The summed E-state index contributed by atoms with van der Waals surface area (Å²) in [6.07, 6.45) is 2.15. The van der Waals surface area contributed by atoms with Crippen molar-refractivity contribution < 1.29 is 9.18 Å². The first-order valence-corrected chi connectivity index (χ1v) is 6.78. The van der Waals surface area contributed by atoms with E-state index in [0.29, 0.717) is 5.56 Å². The van der Waals surface area contributed by atoms with E-state index in [-0.39, 0.29) is 24.7 Å². The number of rotatable bonds is 4. The molecule has 0 radical (unpaired) electrons. The van der Waals surface area contributed by atoms with Gasteiger partial charge in [-0.1, -0.05) is 30.3 Å². The van der Waals surface area contributed by atoms with Crippen LogP contribution in [0.15, 0.2) is 54.7 Å². The van der Waals surface area contributed by atoms with Gasteiger partial charge in [0.05, 0.1) is 6.42 Å². The molecule has 2 N–H and O–H groups in total. The molecule has 4 heteroatoms. The van der Waals surface area contributed by atoms with E-state index in [9.17, 15) is 9.18 Å². The lowest BCUT2D eigenvalue weighted by molar-refractivity contribution is -0.120. The topological polar surface area (TPSA) is 44.9 Å². The summed E-state index contributed by atoms with van der Waals surface area (Å²) in [4.78, 5) is 15.0. The van der Waals surface area contributed by atoms with Crippen LogP contribution < -0.4 is 5.32 Å². The highest BCUT2D eigenvalue weighted by Crippen LogP contribution is 2.14. The third-order valence-electron chi connectivity index (χ3n) is 3.42. The Labute approximate surface area is 121 Å². The first-order valence-electron chi connectivity index (χ1n) is 6.78. The molecule has 1 amide bonds. The Bertz CT molecular complexity index is 779. The summed E-state index contributed by atoms with van der Waals surface area (Å²) >= 11 is 0. The Balaban J connectivity index is 1.62. The molecular weight excluding hydrogens is 267 g/mol. The van der Waals surface area contributed by atoms with Crippen LogP contribution >= 0.6 is 0 Å². The number of halogens is 1. The Hall–Kier alpha value is -2.62. The monoisotopic (exact) mass is 282 g/mol. The Kier molecular flexibility index (Phi) is 3.69. The van der Waals surface area contributed by atoms with E-state index in [4.69, 9.17) is 0 Å². The second-order valence-corrected chi connectivity index (χ2v) is 4.94. The third kappa shape index (κ3) is 3.11. The third-order valence-corrected chi connectivity index (χ3v) is 3.42. The molecule has 0 bridgehead atoms. The fourth-order valence-corrected chi connectivity index (χ4v) is 2.29. The van der Waals surface area contributed by atoms with Gasteiger partial charge in [0.2, 0.25) is 5.91 Å². The number of H-pyrrole nitrogens is 1. The summed E-state index contributed by atoms with van der Waals surface area (Å²) in [6, 6.07) is 14.3. The smallest absolute Gasteiger partial charge is 0.224 e. The molecule has 0 saturated carbocycles. The van der Waals surface area contributed by atoms with Crippen LogP contribution in [0.4, 0.5) is 4.39 Å². The van der Waals surface area contributed by atoms with Gasteiger partial charge in [-0.15, -0.1) is 0 Å². The zero-order valence-corrected chi connectivity index (χ0v) is 11.4. The van der Waals surface area contributed by atoms with Crippen LogP contribution in [-0.2, 0) is 17.8 Å². The highest BCUT2D eigenvalue weighted by molar-refractivity contribution is 5.83. The van der Waals surface area contributed by atoms with Gasteiger partial charge in [-0.2, -0.15) is 0 Å². The van der Waals surface area contributed by atoms with E-state index in [2.05, 4.69) is 10.3 Å². The van der Waals surface area contributed by atoms with Gasteiger partial charge in [0.25, 0.3) is 0 Å². The van der Waals surface area contributed by atoms with Crippen LogP contribution in [0, 0.1) is 5.82 Å². The van der Waals surface area contributed by atoms with Crippen molar-refractivity contribution in [2.24, 2.45) is 0 Å². The zero-order chi connectivity index (χ0) is 14.7. The number of carbonyl (C=O) groups is 1. The number of benzene rings is 2. The molecule has 3 nitrogen and oxygen atoms in total. The quantitative estimate of drug-likeness (QED) is 0.758. The molecule has 0 aliphatic heterocycles. The predicted octanol–water partition coefficient (Wildman–Crippen LogP) is 3.17. The van der Waals surface area contributed by atoms with E-state index in [1.807, 2.05) is 30.5 Å². The molecule has 3 aromatic rings. The molecule has 0 aliphatic carbocycles. The zero-order valence-electron chi connectivity index (χ0n) is 11.4. The van der Waals surface area contributed by atoms with Crippen LogP contribution in [-0.4, -0.2) is 10.9 Å². The molecule has 2 aromatic carbocycles. The highest BCUT2D eigenvalue weighted by Gasteiger charge is 2.06. The van der Waals surface area contributed by atoms with Crippen molar-refractivity contribution in [3.05, 3.63) is 71.7 Å². The van der Waals surface area contributed by atoms with Gasteiger partial charge in [-0.25, -0.2) is 4.39 Å². The molecule has 0 saturated heterocycles. The average molecular weight is 282 g/mol. The van der Waals surface area contributed by atoms with Gasteiger partial charge in [0, 0.05) is 23.8 Å². The summed E-state index contributed by atoms with van der Waals surface area (Å²) < 4.78 is 13.5. The van der Waals surface area contributed by atoms with Crippen molar-refractivity contribution in [1.29, 1.82) is 0 Å². The fourth-order valence-electron chi connectivity index (χ4n) is 2.29. The van der Waals surface area contributed by atoms with Crippen LogP contribution in [0.5, 0.6) is 0 Å². The van der Waals surface area contributed by atoms with E-state index >= 15 is 0 Å². The number of hydrogen-bond donors (Lipinski definition) is 2. The number of aromatic nitrogens is 1. The van der Waals surface area contributed by atoms with Crippen LogP contribution in [0.25, 0.3) is 10.9 Å². The number of aromatic amines is 1. The molecule has 0 fully saturated rings. The molecule has 0 spiro atoms. The first kappa shape index (κ1) is 13.4. The standard InChI is InChI=1S/C17H15FN2O/c18-15-4-2-1-3-14(15)11-20-17(21)10-12-5-6-13-7-8-19-16(13)9-12/h1-9,19H,10-11H2,(H,20,21). The number of amides is 1. The SMILES string of the molecule is O=C(Cc1ccc2cc[nH]c2c1)NCc1ccccc1F. The van der Waals surface area contributed by atoms with Crippen LogP contribution in [0.2, 0.25) is 0 Å². The maximum atomic E-state index is 13.5. The molecule has 1 heterocycles. The summed E-state index contributed by atoms with van der Waals surface area (Å²) in [5, 5.41) is 3.86. The van der Waals surface area contributed by atoms with E-state index in [1.54, 1.807) is 18.2 Å². The molecule has 21 heavy (non-hydrogen) atoms. The van der Waals surface area contributed by atoms with Crippen molar-refractivity contribution in [3.63, 3.8) is 0 Å². The molecule has 3 rings (SSSR count). The van der Waals surface area contributed by atoms with Gasteiger partial charge in [-0.05, 0) is 29.1 Å². The van der Waals surface area contributed by atoms with Gasteiger partial charge in [0.15, 0.2) is 0 Å². The number of hydrogen-bond acceptors (Lipinski definition) is 1. The van der Waals surface area contributed by atoms with Gasteiger partial charge < -0.3 is 10.3 Å². The van der Waals surface area contributed by atoms with Crippen molar-refractivity contribution in [2.45, 2.75) is 13.0 Å². The second kappa shape index (κ2) is 5.79. The Morgan fingerprint density at radius 1 is 1.14 bits per heavy atom. The lowest BCUT2D eigenvalue weighted by Crippen LogP contribution is -2.25. The van der Waals surface area contributed by atoms with Gasteiger partial charge >= 0.3 is 0 Å². The number of nitrogens with one attached hydrogen (secondary N) is 2. The van der Waals surface area contributed by atoms with E-state index in [0.717, 1.165) is 16.5 Å². The van der Waals surface area contributed by atoms with Crippen LogP contribution in [0.1, 0.15) is 11.1 Å². The molecule has 0 aliphatic rings. The van der Waals surface area contributed by atoms with E-state index < -0.39 is 0 Å². The lowest BCUT2D eigenvalue weighted by atomic mass is 10.1. The summed E-state index contributed by atoms with van der Waals surface area (Å²) in [5.74, 6) is -0.422. The van der Waals surface area contributed by atoms with Crippen molar-refractivity contribution in [3.8, 4) is 0 Å². The maximum absolute atomic E-state index is 13.5. The second-order valence-electron chi connectivity index (χ2n) is 4.94. The summed E-state index contributed by atoms with van der Waals surface area (Å²) in [6.45, 7) is 0.205. The Morgan fingerprint density at radius 3 is 2.86 bits per heavy atom. The van der Waals surface area contributed by atoms with Crippen molar-refractivity contribution >= 4 is 16.8 Å². The highest BCUT2D eigenvalue weighted by atomic mass is 19.1. The molecule has 0 unspecified atom stereocenters. The maximum Gasteiger partial charge on any atom is 0.224 e. The first-order chi connectivity index (χ1) is 10.2. The van der Waals surface area contributed by atoms with Crippen molar-refractivity contribution in [2.75, 3.05) is 0 Å². The summed E-state index contributed by atoms with van der Waals surface area (Å²) in [5.41, 5.74) is 2.43. The van der Waals surface area contributed by atoms with Gasteiger partial charge in [0.1, 0.15) is 5.82 Å². The van der Waals surface area contributed by atoms with Crippen LogP contribution in [0.3, 0.4) is 0 Å². The number of fused-ring (bicyclic) bond motifs is 1. The van der Waals surface area contributed by atoms with Gasteiger partial charge in [-0.3, -0.25) is 4.79 Å². The predicted molar refractivity (Wildman–Crippen MR) is 80.2 cm³/mol. The minimum Gasteiger partial charge on any atom is -0.361 e. The fraction of sp³-hybridized carbons (Fsp3) is 0.118. The van der Waals surface area contributed by atoms with Crippen molar-refractivity contribution in [1.82, 2.24) is 10.3 Å². The lowest BCUT2D eigenvalue weighted by Gasteiger charge is -2.06. The van der Waals surface area contributed by atoms with E-state index in [1.165, 1.54) is 6.07 Å². The number of carbonyl (C=O) groups excluding carboxylic acids is 1. The summed E-state index contributed by atoms with van der Waals surface area (Å²) in [7, 11) is 0. The largest absolute Gasteiger partial charge is 0.361 e. The molecule has 0 atom stereocenters.